The number of anilines is 1. The average Bonchev–Trinajstić information content (AvgIpc) is 2.57. The molecule has 0 fully saturated rings. The number of hydrogen-bond donors (Lipinski definition) is 1. The van der Waals surface area contributed by atoms with E-state index in [1.807, 2.05) is 0 Å². The van der Waals surface area contributed by atoms with Crippen LogP contribution in [0.4, 0.5) is 5.69 Å². The summed E-state index contributed by atoms with van der Waals surface area (Å²) < 4.78 is 35.5. The third kappa shape index (κ3) is 5.35. The Kier molecular flexibility index (Phi) is 6.47. The van der Waals surface area contributed by atoms with Crippen LogP contribution in [0, 0.1) is 0 Å². The summed E-state index contributed by atoms with van der Waals surface area (Å²) in [5.41, 5.74) is 0.305. The standard InChI is InChI=1S/C17H18ClNO6S/c1-24-16(17(20)21)11-19(26(2,22)23)13-5-9-15(10-6-13)25-14-7-3-12(18)4-8-14/h3-10,16H,11H2,1-2H3,(H,20,21)/t16-/m0/s1. The Bertz CT molecular complexity index is 852. The largest absolute Gasteiger partial charge is 0.479 e. The van der Waals surface area contributed by atoms with Gasteiger partial charge in [0.2, 0.25) is 10.0 Å². The van der Waals surface area contributed by atoms with E-state index < -0.39 is 22.1 Å². The molecule has 140 valence electrons. The molecule has 0 radical (unpaired) electrons. The molecule has 1 atom stereocenters. The highest BCUT2D eigenvalue weighted by molar-refractivity contribution is 7.92. The molecule has 1 N–H and O–H groups in total. The third-order valence-electron chi connectivity index (χ3n) is 3.47. The van der Waals surface area contributed by atoms with E-state index in [1.165, 1.54) is 19.2 Å². The fourth-order valence-corrected chi connectivity index (χ4v) is 3.19. The first-order valence-corrected chi connectivity index (χ1v) is 9.70. The van der Waals surface area contributed by atoms with Crippen molar-refractivity contribution < 1.29 is 27.8 Å². The number of rotatable bonds is 8. The van der Waals surface area contributed by atoms with Gasteiger partial charge in [-0.25, -0.2) is 13.2 Å². The Labute approximate surface area is 156 Å². The van der Waals surface area contributed by atoms with Crippen LogP contribution in [0.3, 0.4) is 0 Å². The van der Waals surface area contributed by atoms with Crippen LogP contribution in [0.15, 0.2) is 48.5 Å². The Hall–Kier alpha value is -2.29. The second-order valence-electron chi connectivity index (χ2n) is 5.41. The first kappa shape index (κ1) is 20.0. The van der Waals surface area contributed by atoms with Crippen molar-refractivity contribution in [1.29, 1.82) is 0 Å². The molecule has 0 amide bonds. The Morgan fingerprint density at radius 1 is 1.12 bits per heavy atom. The zero-order valence-corrected chi connectivity index (χ0v) is 15.7. The maximum absolute atomic E-state index is 12.0. The van der Waals surface area contributed by atoms with Crippen molar-refractivity contribution in [1.82, 2.24) is 0 Å². The van der Waals surface area contributed by atoms with Gasteiger partial charge in [0, 0.05) is 12.1 Å². The second kappa shape index (κ2) is 8.39. The van der Waals surface area contributed by atoms with E-state index in [-0.39, 0.29) is 6.54 Å². The molecule has 7 nitrogen and oxygen atoms in total. The summed E-state index contributed by atoms with van der Waals surface area (Å²) in [6.45, 7) is -0.345. The van der Waals surface area contributed by atoms with Gasteiger partial charge in [-0.2, -0.15) is 0 Å². The van der Waals surface area contributed by atoms with E-state index in [9.17, 15) is 13.2 Å². The van der Waals surface area contributed by atoms with Gasteiger partial charge in [0.25, 0.3) is 0 Å². The molecule has 0 spiro atoms. The summed E-state index contributed by atoms with van der Waals surface area (Å²) in [5.74, 6) is -0.178. The summed E-state index contributed by atoms with van der Waals surface area (Å²) >= 11 is 5.82. The summed E-state index contributed by atoms with van der Waals surface area (Å²) in [7, 11) is -2.49. The highest BCUT2D eigenvalue weighted by atomic mass is 35.5. The molecule has 9 heteroatoms. The molecule has 2 rings (SSSR count). The number of hydrogen-bond acceptors (Lipinski definition) is 5. The molecular weight excluding hydrogens is 382 g/mol. The van der Waals surface area contributed by atoms with Crippen LogP contribution < -0.4 is 9.04 Å². The summed E-state index contributed by atoms with van der Waals surface area (Å²) in [6.07, 6.45) is -0.283. The lowest BCUT2D eigenvalue weighted by molar-refractivity contribution is -0.147. The maximum Gasteiger partial charge on any atom is 0.334 e. The SMILES string of the molecule is CO[C@@H](CN(c1ccc(Oc2ccc(Cl)cc2)cc1)S(C)(=O)=O)C(=O)O. The Balaban J connectivity index is 2.21. The topological polar surface area (TPSA) is 93.1 Å². The van der Waals surface area contributed by atoms with Gasteiger partial charge in [-0.15, -0.1) is 0 Å². The Morgan fingerprint density at radius 3 is 2.04 bits per heavy atom. The molecule has 0 saturated heterocycles. The van der Waals surface area contributed by atoms with Crippen molar-refractivity contribution in [3.63, 3.8) is 0 Å². The van der Waals surface area contributed by atoms with Crippen LogP contribution >= 0.6 is 11.6 Å². The number of carbonyl (C=O) groups is 1. The minimum absolute atomic E-state index is 0.305. The number of methoxy groups -OCH3 is 1. The quantitative estimate of drug-likeness (QED) is 0.733. The van der Waals surface area contributed by atoms with Gasteiger partial charge in [-0.1, -0.05) is 11.6 Å². The van der Waals surface area contributed by atoms with E-state index in [0.29, 0.717) is 22.2 Å². The van der Waals surface area contributed by atoms with Gasteiger partial charge in [-0.3, -0.25) is 4.31 Å². The van der Waals surface area contributed by atoms with E-state index in [4.69, 9.17) is 26.2 Å². The van der Waals surface area contributed by atoms with Crippen molar-refractivity contribution >= 4 is 33.3 Å². The first-order valence-electron chi connectivity index (χ1n) is 7.47. The lowest BCUT2D eigenvalue weighted by Gasteiger charge is -2.25. The van der Waals surface area contributed by atoms with Crippen molar-refractivity contribution in [3.05, 3.63) is 53.6 Å². The number of ether oxygens (including phenoxy) is 2. The number of nitrogens with zero attached hydrogens (tertiary/aromatic N) is 1. The highest BCUT2D eigenvalue weighted by Crippen LogP contribution is 2.26. The highest BCUT2D eigenvalue weighted by Gasteiger charge is 2.26. The molecule has 0 aromatic heterocycles. The molecule has 0 aliphatic carbocycles. The van der Waals surface area contributed by atoms with Crippen LogP contribution in [0.5, 0.6) is 11.5 Å². The number of aliphatic carboxylic acids is 1. The predicted octanol–water partition coefficient (Wildman–Crippen LogP) is 3.00. The van der Waals surface area contributed by atoms with Gasteiger partial charge >= 0.3 is 5.97 Å². The van der Waals surface area contributed by atoms with Crippen molar-refractivity contribution in [2.75, 3.05) is 24.2 Å². The molecule has 0 aliphatic heterocycles. The molecule has 0 bridgehead atoms. The monoisotopic (exact) mass is 399 g/mol. The lowest BCUT2D eigenvalue weighted by atomic mass is 10.2. The van der Waals surface area contributed by atoms with E-state index in [2.05, 4.69) is 0 Å². The molecule has 0 unspecified atom stereocenters. The van der Waals surface area contributed by atoms with Crippen molar-refractivity contribution in [2.24, 2.45) is 0 Å². The molecular formula is C17H18ClNO6S. The Morgan fingerprint density at radius 2 is 1.62 bits per heavy atom. The fraction of sp³-hybridized carbons (Fsp3) is 0.235. The second-order valence-corrected chi connectivity index (χ2v) is 7.75. The van der Waals surface area contributed by atoms with Crippen molar-refractivity contribution in [2.45, 2.75) is 6.10 Å². The summed E-state index contributed by atoms with van der Waals surface area (Å²) in [4.78, 5) is 11.1. The van der Waals surface area contributed by atoms with Gasteiger partial charge in [0.1, 0.15) is 11.5 Å². The summed E-state index contributed by atoms with van der Waals surface area (Å²) in [6, 6.07) is 13.0. The first-order chi connectivity index (χ1) is 12.2. The molecule has 26 heavy (non-hydrogen) atoms. The zero-order valence-electron chi connectivity index (χ0n) is 14.1. The van der Waals surface area contributed by atoms with Crippen molar-refractivity contribution in [3.8, 4) is 11.5 Å². The fourth-order valence-electron chi connectivity index (χ4n) is 2.16. The van der Waals surface area contributed by atoms with Gasteiger partial charge in [0.05, 0.1) is 18.5 Å². The minimum Gasteiger partial charge on any atom is -0.479 e. The van der Waals surface area contributed by atoms with Crippen LogP contribution in [0.25, 0.3) is 0 Å². The summed E-state index contributed by atoms with van der Waals surface area (Å²) in [5, 5.41) is 9.67. The number of halogens is 1. The average molecular weight is 400 g/mol. The molecule has 0 heterocycles. The number of carboxylic acid groups (broad SMARTS) is 1. The third-order valence-corrected chi connectivity index (χ3v) is 4.88. The minimum atomic E-state index is -3.70. The van der Waals surface area contributed by atoms with E-state index in [1.54, 1.807) is 36.4 Å². The van der Waals surface area contributed by atoms with Gasteiger partial charge in [0.15, 0.2) is 6.10 Å². The normalized spacial score (nSPS) is 12.4. The lowest BCUT2D eigenvalue weighted by Crippen LogP contribution is -2.41. The number of carboxylic acids is 1. The van der Waals surface area contributed by atoms with E-state index in [0.717, 1.165) is 10.6 Å². The van der Waals surface area contributed by atoms with Crippen LogP contribution in [0.1, 0.15) is 0 Å². The number of sulfonamides is 1. The van der Waals surface area contributed by atoms with Crippen LogP contribution in [0.2, 0.25) is 5.02 Å². The molecule has 2 aromatic carbocycles. The van der Waals surface area contributed by atoms with Crippen LogP contribution in [-0.4, -0.2) is 45.5 Å². The zero-order chi connectivity index (χ0) is 19.3. The van der Waals surface area contributed by atoms with E-state index >= 15 is 0 Å². The number of benzene rings is 2. The van der Waals surface area contributed by atoms with Crippen LogP contribution in [-0.2, 0) is 19.6 Å². The molecule has 0 aliphatic rings. The van der Waals surface area contributed by atoms with Gasteiger partial charge < -0.3 is 14.6 Å². The molecule has 2 aromatic rings. The smallest absolute Gasteiger partial charge is 0.334 e. The predicted molar refractivity (Wildman–Crippen MR) is 98.6 cm³/mol. The molecule has 0 saturated carbocycles. The maximum atomic E-state index is 12.0. The van der Waals surface area contributed by atoms with Gasteiger partial charge in [-0.05, 0) is 48.5 Å².